The van der Waals surface area contributed by atoms with Gasteiger partial charge in [-0.05, 0) is 23.6 Å². The van der Waals surface area contributed by atoms with E-state index in [0.717, 1.165) is 0 Å². The second-order valence-electron chi connectivity index (χ2n) is 5.01. The second kappa shape index (κ2) is 8.04. The van der Waals surface area contributed by atoms with E-state index in [1.807, 2.05) is 0 Å². The maximum absolute atomic E-state index is 13.1. The van der Waals surface area contributed by atoms with Crippen LogP contribution in [-0.2, 0) is 11.2 Å². The minimum atomic E-state index is -4.76. The summed E-state index contributed by atoms with van der Waals surface area (Å²) >= 11 is 4.41. The molecule has 1 N–H and O–H groups in total. The molecule has 128 valence electrons. The highest BCUT2D eigenvalue weighted by atomic mass is 79.9. The van der Waals surface area contributed by atoms with E-state index in [0.29, 0.717) is 9.35 Å². The van der Waals surface area contributed by atoms with Gasteiger partial charge in [-0.3, -0.25) is 14.9 Å². The van der Waals surface area contributed by atoms with Crippen molar-refractivity contribution in [1.82, 2.24) is 5.32 Å². The summed E-state index contributed by atoms with van der Waals surface area (Å²) < 4.78 is 40.0. The predicted molar refractivity (Wildman–Crippen MR) is 89.3 cm³/mol. The molecule has 0 amide bonds. The van der Waals surface area contributed by atoms with E-state index in [9.17, 15) is 22.8 Å². The summed E-state index contributed by atoms with van der Waals surface area (Å²) in [6, 6.07) is 7.23. The van der Waals surface area contributed by atoms with Crippen LogP contribution in [0.1, 0.15) is 15.2 Å². The zero-order chi connectivity index (χ0) is 17.7. The Morgan fingerprint density at radius 3 is 2.54 bits per heavy atom. The maximum atomic E-state index is 13.1. The van der Waals surface area contributed by atoms with Crippen molar-refractivity contribution < 1.29 is 22.8 Å². The lowest BCUT2D eigenvalue weighted by molar-refractivity contribution is -0.166. The number of hydrogen-bond donors (Lipinski definition) is 1. The van der Waals surface area contributed by atoms with Crippen molar-refractivity contribution in [1.29, 1.82) is 0 Å². The van der Waals surface area contributed by atoms with Gasteiger partial charge in [-0.2, -0.15) is 13.2 Å². The number of nitrogens with one attached hydrogen (secondary N) is 1. The fourth-order valence-corrected chi connectivity index (χ4v) is 3.17. The highest BCUT2D eigenvalue weighted by Gasteiger charge is 2.44. The van der Waals surface area contributed by atoms with E-state index in [1.165, 1.54) is 23.5 Å². The first-order valence-electron chi connectivity index (χ1n) is 6.91. The first-order chi connectivity index (χ1) is 11.3. The summed E-state index contributed by atoms with van der Waals surface area (Å²) in [7, 11) is 0. The Morgan fingerprint density at radius 1 is 1.21 bits per heavy atom. The summed E-state index contributed by atoms with van der Waals surface area (Å²) in [6.45, 7) is -0.573. The summed E-state index contributed by atoms with van der Waals surface area (Å²) in [4.78, 5) is 24.5. The van der Waals surface area contributed by atoms with E-state index in [-0.39, 0.29) is 12.0 Å². The molecular weight excluding hydrogens is 407 g/mol. The highest BCUT2D eigenvalue weighted by molar-refractivity contribution is 9.10. The number of carbonyl (C=O) groups is 2. The fraction of sp³-hybridized carbons (Fsp3) is 0.250. The number of alkyl halides is 3. The van der Waals surface area contributed by atoms with Gasteiger partial charge >= 0.3 is 6.18 Å². The van der Waals surface area contributed by atoms with E-state index in [2.05, 4.69) is 21.2 Å². The second-order valence-corrected chi connectivity index (χ2v) is 6.96. The molecule has 0 spiro atoms. The average Bonchev–Trinajstić information content (AvgIpc) is 2.98. The average molecular weight is 420 g/mol. The number of hydrogen-bond acceptors (Lipinski definition) is 4. The van der Waals surface area contributed by atoms with Crippen molar-refractivity contribution in [2.45, 2.75) is 18.6 Å². The molecule has 2 aromatic rings. The molecule has 0 aliphatic rings. The smallest absolute Gasteiger partial charge is 0.297 e. The third kappa shape index (κ3) is 5.25. The van der Waals surface area contributed by atoms with E-state index >= 15 is 0 Å². The van der Waals surface area contributed by atoms with E-state index in [1.54, 1.807) is 29.6 Å². The van der Waals surface area contributed by atoms with Gasteiger partial charge in [0.05, 0.1) is 6.54 Å². The molecule has 0 saturated carbocycles. The maximum Gasteiger partial charge on any atom is 0.410 e. The van der Waals surface area contributed by atoms with Crippen molar-refractivity contribution in [2.75, 3.05) is 6.54 Å². The molecule has 0 radical (unpaired) electrons. The Hall–Kier alpha value is -1.51. The zero-order valence-electron chi connectivity index (χ0n) is 12.3. The number of ketones is 2. The van der Waals surface area contributed by atoms with Gasteiger partial charge in [-0.15, -0.1) is 11.3 Å². The molecule has 0 fully saturated rings. The normalized spacial score (nSPS) is 12.8. The van der Waals surface area contributed by atoms with Crippen molar-refractivity contribution in [2.24, 2.45) is 0 Å². The Balaban J connectivity index is 2.04. The van der Waals surface area contributed by atoms with Crippen LogP contribution in [0.15, 0.2) is 46.3 Å². The van der Waals surface area contributed by atoms with Crippen molar-refractivity contribution in [3.63, 3.8) is 0 Å². The molecule has 1 heterocycles. The molecule has 0 aliphatic carbocycles. The number of carbonyl (C=O) groups excluding carboxylic acids is 2. The van der Waals surface area contributed by atoms with Crippen molar-refractivity contribution >= 4 is 38.8 Å². The SMILES string of the molecule is O=C(CNC(C(=O)Cc1cccs1)C(F)(F)F)c1cccc(Br)c1. The molecule has 8 heteroatoms. The molecule has 1 unspecified atom stereocenters. The van der Waals surface area contributed by atoms with Gasteiger partial charge in [-0.1, -0.05) is 34.1 Å². The molecule has 24 heavy (non-hydrogen) atoms. The third-order valence-corrected chi connectivity index (χ3v) is 4.56. The molecule has 0 aliphatic heterocycles. The first kappa shape index (κ1) is 18.8. The molecule has 0 bridgehead atoms. The summed E-state index contributed by atoms with van der Waals surface area (Å²) in [5, 5.41) is 3.74. The first-order valence-corrected chi connectivity index (χ1v) is 8.58. The van der Waals surface area contributed by atoms with Gasteiger partial charge in [0.1, 0.15) is 0 Å². The Labute approximate surface area is 149 Å². The third-order valence-electron chi connectivity index (χ3n) is 3.19. The van der Waals surface area contributed by atoms with Gasteiger partial charge in [0.25, 0.3) is 0 Å². The molecule has 1 aromatic heterocycles. The Morgan fingerprint density at radius 2 is 1.96 bits per heavy atom. The van der Waals surface area contributed by atoms with Crippen LogP contribution in [0.5, 0.6) is 0 Å². The largest absolute Gasteiger partial charge is 0.410 e. The van der Waals surface area contributed by atoms with Crippen LogP contribution in [0, 0.1) is 0 Å². The number of benzene rings is 1. The van der Waals surface area contributed by atoms with Crippen molar-refractivity contribution in [3.8, 4) is 0 Å². The van der Waals surface area contributed by atoms with Gasteiger partial charge in [0.2, 0.25) is 0 Å². The van der Waals surface area contributed by atoms with Gasteiger partial charge in [-0.25, -0.2) is 0 Å². The minimum absolute atomic E-state index is 0.267. The molecule has 0 saturated heterocycles. The fourth-order valence-electron chi connectivity index (χ4n) is 2.06. The number of thiophene rings is 1. The molecule has 1 aromatic carbocycles. The minimum Gasteiger partial charge on any atom is -0.297 e. The highest BCUT2D eigenvalue weighted by Crippen LogP contribution is 2.23. The Bertz CT molecular complexity index is 716. The van der Waals surface area contributed by atoms with Crippen LogP contribution in [0.2, 0.25) is 0 Å². The molecule has 2 rings (SSSR count). The topological polar surface area (TPSA) is 46.2 Å². The lowest BCUT2D eigenvalue weighted by Crippen LogP contribution is -2.50. The summed E-state index contributed by atoms with van der Waals surface area (Å²) in [6.07, 6.45) is -5.08. The lowest BCUT2D eigenvalue weighted by Gasteiger charge is -2.20. The van der Waals surface area contributed by atoms with Gasteiger partial charge < -0.3 is 0 Å². The zero-order valence-corrected chi connectivity index (χ0v) is 14.7. The quantitative estimate of drug-likeness (QED) is 0.689. The summed E-state index contributed by atoms with van der Waals surface area (Å²) in [5.41, 5.74) is 0.267. The van der Waals surface area contributed by atoms with Crippen LogP contribution in [0.4, 0.5) is 13.2 Å². The van der Waals surface area contributed by atoms with Crippen LogP contribution >= 0.6 is 27.3 Å². The monoisotopic (exact) mass is 419 g/mol. The van der Waals surface area contributed by atoms with E-state index in [4.69, 9.17) is 0 Å². The molecule has 1 atom stereocenters. The van der Waals surface area contributed by atoms with Crippen LogP contribution in [0.25, 0.3) is 0 Å². The Kier molecular flexibility index (Phi) is 6.31. The number of Topliss-reactive ketones (excluding diaryl/α,β-unsaturated/α-hetero) is 2. The van der Waals surface area contributed by atoms with Gasteiger partial charge in [0.15, 0.2) is 17.6 Å². The predicted octanol–water partition coefficient (Wildman–Crippen LogP) is 4.03. The van der Waals surface area contributed by atoms with Crippen LogP contribution in [-0.4, -0.2) is 30.3 Å². The standard InChI is InChI=1S/C16H13BrF3NO2S/c17-11-4-1-3-10(7-11)14(23)9-21-15(16(18,19)20)13(22)8-12-5-2-6-24-12/h1-7,15,21H,8-9H2. The molecule has 3 nitrogen and oxygen atoms in total. The van der Waals surface area contributed by atoms with Crippen LogP contribution < -0.4 is 5.32 Å². The number of halogens is 4. The molecular formula is C16H13BrF3NO2S. The number of rotatable bonds is 7. The van der Waals surface area contributed by atoms with Crippen LogP contribution in [0.3, 0.4) is 0 Å². The van der Waals surface area contributed by atoms with E-state index < -0.39 is 30.3 Å². The summed E-state index contributed by atoms with van der Waals surface area (Å²) in [5.74, 6) is -1.53. The van der Waals surface area contributed by atoms with Gasteiger partial charge in [0, 0.05) is 21.3 Å². The lowest BCUT2D eigenvalue weighted by atomic mass is 10.1. The van der Waals surface area contributed by atoms with Crippen molar-refractivity contribution in [3.05, 3.63) is 56.7 Å².